The highest BCUT2D eigenvalue weighted by molar-refractivity contribution is 6.00. The zero-order valence-electron chi connectivity index (χ0n) is 16.1. The number of anilines is 1. The molecule has 3 aromatic rings. The number of ether oxygens (including phenoxy) is 2. The lowest BCUT2D eigenvalue weighted by atomic mass is 10.1. The molecule has 0 amide bonds. The lowest BCUT2D eigenvalue weighted by Crippen LogP contribution is -2.15. The molecule has 27 heavy (non-hydrogen) atoms. The van der Waals surface area contributed by atoms with Gasteiger partial charge in [0.15, 0.2) is 5.78 Å². The number of hydrogen-bond acceptors (Lipinski definition) is 4. The largest absolute Gasteiger partial charge is 0.497 e. The van der Waals surface area contributed by atoms with Crippen LogP contribution in [0.3, 0.4) is 0 Å². The summed E-state index contributed by atoms with van der Waals surface area (Å²) >= 11 is 0. The summed E-state index contributed by atoms with van der Waals surface area (Å²) in [7, 11) is 3.20. The van der Waals surface area contributed by atoms with Crippen LogP contribution in [0.2, 0.25) is 0 Å². The summed E-state index contributed by atoms with van der Waals surface area (Å²) in [6.07, 6.45) is 0. The molecular weight excluding hydrogens is 340 g/mol. The van der Waals surface area contributed by atoms with Crippen molar-refractivity contribution in [1.82, 2.24) is 4.57 Å². The Kier molecular flexibility index (Phi) is 5.50. The van der Waals surface area contributed by atoms with E-state index >= 15 is 0 Å². The van der Waals surface area contributed by atoms with E-state index in [2.05, 4.69) is 9.88 Å². The van der Waals surface area contributed by atoms with E-state index in [0.29, 0.717) is 11.5 Å². The van der Waals surface area contributed by atoms with Gasteiger partial charge in [-0.3, -0.25) is 4.79 Å². The predicted octanol–water partition coefficient (Wildman–Crippen LogP) is 4.41. The number of carbonyl (C=O) groups is 1. The van der Waals surface area contributed by atoms with Gasteiger partial charge in [-0.05, 0) is 44.2 Å². The molecule has 3 rings (SSSR count). The Morgan fingerprint density at radius 3 is 2.41 bits per heavy atom. The number of hydrogen-bond donors (Lipinski definition) is 1. The lowest BCUT2D eigenvalue weighted by molar-refractivity contribution is 0.101. The topological polar surface area (TPSA) is 52.5 Å². The standard InChI is InChI=1S/C22H24N2O3/c1-15-12-19(16(2)24(15)17-8-6-5-7-9-17)21(25)14-23-20-11-10-18(26-3)13-22(20)27-4/h5-13,23H,14H2,1-4H3. The molecule has 0 fully saturated rings. The summed E-state index contributed by atoms with van der Waals surface area (Å²) < 4.78 is 12.7. The molecule has 5 heteroatoms. The second kappa shape index (κ2) is 7.99. The fraction of sp³-hybridized carbons (Fsp3) is 0.227. The fourth-order valence-corrected chi connectivity index (χ4v) is 3.23. The maximum atomic E-state index is 12.8. The molecule has 0 atom stereocenters. The van der Waals surface area contributed by atoms with Crippen molar-refractivity contribution in [1.29, 1.82) is 0 Å². The maximum Gasteiger partial charge on any atom is 0.183 e. The number of nitrogens with zero attached hydrogens (tertiary/aromatic N) is 1. The molecule has 2 aromatic carbocycles. The van der Waals surface area contributed by atoms with Crippen LogP contribution >= 0.6 is 0 Å². The Morgan fingerprint density at radius 1 is 1.00 bits per heavy atom. The smallest absolute Gasteiger partial charge is 0.183 e. The Bertz CT molecular complexity index is 946. The molecule has 0 aliphatic heterocycles. The van der Waals surface area contributed by atoms with Crippen LogP contribution in [0.4, 0.5) is 5.69 Å². The molecule has 0 spiro atoms. The van der Waals surface area contributed by atoms with Gasteiger partial charge in [0.1, 0.15) is 11.5 Å². The molecule has 0 radical (unpaired) electrons. The van der Waals surface area contributed by atoms with Crippen LogP contribution in [0.15, 0.2) is 54.6 Å². The molecule has 1 aromatic heterocycles. The minimum atomic E-state index is 0.0307. The highest BCUT2D eigenvalue weighted by Gasteiger charge is 2.17. The Morgan fingerprint density at radius 2 is 1.74 bits per heavy atom. The first kappa shape index (κ1) is 18.6. The SMILES string of the molecule is COc1ccc(NCC(=O)c2cc(C)n(-c3ccccc3)c2C)c(OC)c1. The van der Waals surface area contributed by atoms with Crippen LogP contribution in [0.1, 0.15) is 21.7 Å². The number of methoxy groups -OCH3 is 2. The van der Waals surface area contributed by atoms with Gasteiger partial charge in [-0.1, -0.05) is 18.2 Å². The number of para-hydroxylation sites is 1. The van der Waals surface area contributed by atoms with E-state index in [1.165, 1.54) is 0 Å². The van der Waals surface area contributed by atoms with E-state index in [1.807, 2.05) is 62.4 Å². The van der Waals surface area contributed by atoms with Gasteiger partial charge in [-0.15, -0.1) is 0 Å². The van der Waals surface area contributed by atoms with Gasteiger partial charge in [0, 0.05) is 28.7 Å². The zero-order valence-corrected chi connectivity index (χ0v) is 16.1. The zero-order chi connectivity index (χ0) is 19.4. The molecule has 0 saturated heterocycles. The van der Waals surface area contributed by atoms with Crippen LogP contribution in [-0.2, 0) is 0 Å². The molecule has 1 N–H and O–H groups in total. The number of carbonyl (C=O) groups excluding carboxylic acids is 1. The number of ketones is 1. The van der Waals surface area contributed by atoms with Gasteiger partial charge < -0.3 is 19.4 Å². The quantitative estimate of drug-likeness (QED) is 0.631. The van der Waals surface area contributed by atoms with Crippen LogP contribution in [0.25, 0.3) is 5.69 Å². The minimum Gasteiger partial charge on any atom is -0.497 e. The third kappa shape index (κ3) is 3.82. The van der Waals surface area contributed by atoms with Gasteiger partial charge >= 0.3 is 0 Å². The Labute approximate surface area is 159 Å². The average molecular weight is 364 g/mol. The highest BCUT2D eigenvalue weighted by atomic mass is 16.5. The van der Waals surface area contributed by atoms with E-state index in [0.717, 1.165) is 28.3 Å². The highest BCUT2D eigenvalue weighted by Crippen LogP contribution is 2.29. The monoisotopic (exact) mass is 364 g/mol. The molecule has 5 nitrogen and oxygen atoms in total. The first-order chi connectivity index (χ1) is 13.0. The Balaban J connectivity index is 1.80. The molecule has 0 aliphatic rings. The summed E-state index contributed by atoms with van der Waals surface area (Å²) in [4.78, 5) is 12.8. The van der Waals surface area contributed by atoms with Crippen LogP contribution in [-0.4, -0.2) is 31.1 Å². The van der Waals surface area contributed by atoms with Crippen molar-refractivity contribution in [3.05, 3.63) is 71.5 Å². The van der Waals surface area contributed by atoms with Crippen molar-refractivity contribution in [2.75, 3.05) is 26.1 Å². The minimum absolute atomic E-state index is 0.0307. The van der Waals surface area contributed by atoms with Crippen molar-refractivity contribution < 1.29 is 14.3 Å². The van der Waals surface area contributed by atoms with Crippen molar-refractivity contribution >= 4 is 11.5 Å². The van der Waals surface area contributed by atoms with Gasteiger partial charge in [0.05, 0.1) is 26.5 Å². The molecular formula is C22H24N2O3. The summed E-state index contributed by atoms with van der Waals surface area (Å²) in [6.45, 7) is 4.17. The average Bonchev–Trinajstić information content (AvgIpc) is 3.00. The van der Waals surface area contributed by atoms with E-state index in [4.69, 9.17) is 9.47 Å². The van der Waals surface area contributed by atoms with Crippen molar-refractivity contribution in [2.45, 2.75) is 13.8 Å². The molecule has 140 valence electrons. The fourth-order valence-electron chi connectivity index (χ4n) is 3.23. The molecule has 0 aliphatic carbocycles. The third-order valence-electron chi connectivity index (χ3n) is 4.59. The maximum absolute atomic E-state index is 12.8. The summed E-state index contributed by atoms with van der Waals surface area (Å²) in [6, 6.07) is 17.4. The van der Waals surface area contributed by atoms with Crippen molar-refractivity contribution in [2.24, 2.45) is 0 Å². The van der Waals surface area contributed by atoms with Gasteiger partial charge in [-0.25, -0.2) is 0 Å². The number of rotatable bonds is 7. The summed E-state index contributed by atoms with van der Waals surface area (Å²) in [5.41, 5.74) is 4.49. The van der Waals surface area contributed by atoms with E-state index < -0.39 is 0 Å². The number of Topliss-reactive ketones (excluding diaryl/α,β-unsaturated/α-hetero) is 1. The normalized spacial score (nSPS) is 10.5. The van der Waals surface area contributed by atoms with Crippen molar-refractivity contribution in [3.63, 3.8) is 0 Å². The molecule has 0 saturated carbocycles. The number of nitrogens with one attached hydrogen (secondary N) is 1. The van der Waals surface area contributed by atoms with Gasteiger partial charge in [0.25, 0.3) is 0 Å². The predicted molar refractivity (Wildman–Crippen MR) is 108 cm³/mol. The second-order valence-electron chi connectivity index (χ2n) is 6.30. The van der Waals surface area contributed by atoms with E-state index in [1.54, 1.807) is 20.3 Å². The summed E-state index contributed by atoms with van der Waals surface area (Å²) in [5, 5.41) is 3.17. The molecule has 0 unspecified atom stereocenters. The molecule has 1 heterocycles. The van der Waals surface area contributed by atoms with Gasteiger partial charge in [0.2, 0.25) is 0 Å². The Hall–Kier alpha value is -3.21. The van der Waals surface area contributed by atoms with Crippen LogP contribution < -0.4 is 14.8 Å². The van der Waals surface area contributed by atoms with Crippen LogP contribution in [0, 0.1) is 13.8 Å². The van der Waals surface area contributed by atoms with Crippen LogP contribution in [0.5, 0.6) is 11.5 Å². The first-order valence-corrected chi connectivity index (χ1v) is 8.78. The van der Waals surface area contributed by atoms with E-state index in [-0.39, 0.29) is 12.3 Å². The summed E-state index contributed by atoms with van der Waals surface area (Å²) in [5.74, 6) is 1.37. The number of aryl methyl sites for hydroxylation is 1. The molecule has 0 bridgehead atoms. The van der Waals surface area contributed by atoms with E-state index in [9.17, 15) is 4.79 Å². The second-order valence-corrected chi connectivity index (χ2v) is 6.30. The third-order valence-corrected chi connectivity index (χ3v) is 4.59. The lowest BCUT2D eigenvalue weighted by Gasteiger charge is -2.12. The van der Waals surface area contributed by atoms with Crippen molar-refractivity contribution in [3.8, 4) is 17.2 Å². The van der Waals surface area contributed by atoms with Gasteiger partial charge in [-0.2, -0.15) is 0 Å². The number of benzene rings is 2. The number of aromatic nitrogens is 1. The first-order valence-electron chi connectivity index (χ1n) is 8.78.